The second kappa shape index (κ2) is 4.79. The lowest BCUT2D eigenvalue weighted by Crippen LogP contribution is -2.02. The summed E-state index contributed by atoms with van der Waals surface area (Å²) in [4.78, 5) is 10.8. The predicted molar refractivity (Wildman–Crippen MR) is 72.0 cm³/mol. The van der Waals surface area contributed by atoms with Gasteiger partial charge in [0.2, 0.25) is 0 Å². The fourth-order valence-electron chi connectivity index (χ4n) is 1.74. The summed E-state index contributed by atoms with van der Waals surface area (Å²) in [6, 6.07) is 12.6. The van der Waals surface area contributed by atoms with Gasteiger partial charge in [-0.25, -0.2) is 0 Å². The third-order valence-corrected chi connectivity index (χ3v) is 2.48. The SMILES string of the molecule is CC(=O)Oc1ccc(-c2cccc(N)c2)c(N)c1. The highest BCUT2D eigenvalue weighted by Gasteiger charge is 2.06. The van der Waals surface area contributed by atoms with Crippen LogP contribution in [-0.2, 0) is 4.79 Å². The van der Waals surface area contributed by atoms with E-state index in [1.54, 1.807) is 12.1 Å². The van der Waals surface area contributed by atoms with E-state index < -0.39 is 0 Å². The first kappa shape index (κ1) is 12.0. The van der Waals surface area contributed by atoms with Crippen LogP contribution in [0.1, 0.15) is 6.92 Å². The van der Waals surface area contributed by atoms with Crippen molar-refractivity contribution in [3.05, 3.63) is 42.5 Å². The zero-order valence-electron chi connectivity index (χ0n) is 10.0. The quantitative estimate of drug-likeness (QED) is 0.481. The van der Waals surface area contributed by atoms with Gasteiger partial charge in [0.25, 0.3) is 0 Å². The topological polar surface area (TPSA) is 78.3 Å². The highest BCUT2D eigenvalue weighted by Crippen LogP contribution is 2.30. The Labute approximate surface area is 105 Å². The third kappa shape index (κ3) is 2.60. The summed E-state index contributed by atoms with van der Waals surface area (Å²) in [5, 5.41) is 0. The Morgan fingerprint density at radius 2 is 1.89 bits per heavy atom. The minimum Gasteiger partial charge on any atom is -0.427 e. The van der Waals surface area contributed by atoms with Crippen LogP contribution in [0.15, 0.2) is 42.5 Å². The maximum atomic E-state index is 10.8. The van der Waals surface area contributed by atoms with Crippen molar-refractivity contribution in [1.29, 1.82) is 0 Å². The highest BCUT2D eigenvalue weighted by molar-refractivity contribution is 5.80. The largest absolute Gasteiger partial charge is 0.427 e. The molecule has 4 heteroatoms. The number of hydrogen-bond donors (Lipinski definition) is 2. The molecule has 0 heterocycles. The van der Waals surface area contributed by atoms with Crippen molar-refractivity contribution >= 4 is 17.3 Å². The van der Waals surface area contributed by atoms with Gasteiger partial charge in [-0.1, -0.05) is 12.1 Å². The summed E-state index contributed by atoms with van der Waals surface area (Å²) in [6.07, 6.45) is 0. The van der Waals surface area contributed by atoms with E-state index in [4.69, 9.17) is 16.2 Å². The lowest BCUT2D eigenvalue weighted by Gasteiger charge is -2.09. The van der Waals surface area contributed by atoms with E-state index in [9.17, 15) is 4.79 Å². The van der Waals surface area contributed by atoms with E-state index in [1.807, 2.05) is 30.3 Å². The maximum absolute atomic E-state index is 10.8. The number of ether oxygens (including phenoxy) is 1. The maximum Gasteiger partial charge on any atom is 0.308 e. The molecule has 0 amide bonds. The molecule has 0 unspecified atom stereocenters. The summed E-state index contributed by atoms with van der Waals surface area (Å²) < 4.78 is 4.97. The van der Waals surface area contributed by atoms with Gasteiger partial charge in [-0.2, -0.15) is 0 Å². The van der Waals surface area contributed by atoms with Crippen molar-refractivity contribution in [2.24, 2.45) is 0 Å². The molecule has 2 rings (SSSR count). The highest BCUT2D eigenvalue weighted by atomic mass is 16.5. The van der Waals surface area contributed by atoms with Crippen LogP contribution in [0.25, 0.3) is 11.1 Å². The second-order valence-corrected chi connectivity index (χ2v) is 3.97. The Bertz CT molecular complexity index is 594. The van der Waals surface area contributed by atoms with Crippen LogP contribution in [0.4, 0.5) is 11.4 Å². The van der Waals surface area contributed by atoms with Crippen LogP contribution in [0.3, 0.4) is 0 Å². The van der Waals surface area contributed by atoms with Gasteiger partial charge < -0.3 is 16.2 Å². The van der Waals surface area contributed by atoms with Crippen molar-refractivity contribution in [3.8, 4) is 16.9 Å². The molecule has 0 aromatic heterocycles. The summed E-state index contributed by atoms with van der Waals surface area (Å²) in [5.41, 5.74) is 14.7. The summed E-state index contributed by atoms with van der Waals surface area (Å²) in [6.45, 7) is 1.35. The molecular weight excluding hydrogens is 228 g/mol. The number of hydrogen-bond acceptors (Lipinski definition) is 4. The summed E-state index contributed by atoms with van der Waals surface area (Å²) >= 11 is 0. The molecule has 0 atom stereocenters. The number of nitrogens with two attached hydrogens (primary N) is 2. The number of benzene rings is 2. The second-order valence-electron chi connectivity index (χ2n) is 3.97. The monoisotopic (exact) mass is 242 g/mol. The Hall–Kier alpha value is -2.49. The van der Waals surface area contributed by atoms with Crippen LogP contribution in [0, 0.1) is 0 Å². The van der Waals surface area contributed by atoms with Gasteiger partial charge in [0.15, 0.2) is 0 Å². The van der Waals surface area contributed by atoms with Gasteiger partial charge in [-0.15, -0.1) is 0 Å². The zero-order chi connectivity index (χ0) is 13.1. The van der Waals surface area contributed by atoms with Crippen LogP contribution >= 0.6 is 0 Å². The molecule has 0 saturated heterocycles. The average molecular weight is 242 g/mol. The molecule has 0 fully saturated rings. The van der Waals surface area contributed by atoms with Gasteiger partial charge in [0, 0.05) is 29.9 Å². The van der Waals surface area contributed by atoms with Crippen LogP contribution in [-0.4, -0.2) is 5.97 Å². The lowest BCUT2D eigenvalue weighted by molar-refractivity contribution is -0.131. The first-order chi connectivity index (χ1) is 8.56. The van der Waals surface area contributed by atoms with Crippen LogP contribution in [0.5, 0.6) is 5.75 Å². The number of esters is 1. The van der Waals surface area contributed by atoms with Crippen molar-refractivity contribution in [3.63, 3.8) is 0 Å². The number of anilines is 2. The molecule has 0 spiro atoms. The van der Waals surface area contributed by atoms with E-state index in [0.29, 0.717) is 17.1 Å². The van der Waals surface area contributed by atoms with Crippen molar-refractivity contribution in [2.75, 3.05) is 11.5 Å². The van der Waals surface area contributed by atoms with E-state index in [2.05, 4.69) is 0 Å². The average Bonchev–Trinajstić information content (AvgIpc) is 2.28. The molecule has 0 radical (unpaired) electrons. The molecule has 4 nitrogen and oxygen atoms in total. The smallest absolute Gasteiger partial charge is 0.308 e. The molecule has 0 aliphatic rings. The van der Waals surface area contributed by atoms with Gasteiger partial charge in [-0.05, 0) is 29.8 Å². The molecule has 0 aliphatic carbocycles. The first-order valence-corrected chi connectivity index (χ1v) is 5.50. The zero-order valence-corrected chi connectivity index (χ0v) is 10.0. The Morgan fingerprint density at radius 3 is 2.50 bits per heavy atom. The number of carbonyl (C=O) groups is 1. The number of nitrogen functional groups attached to an aromatic ring is 2. The number of carbonyl (C=O) groups excluding carboxylic acids is 1. The molecule has 2 aromatic rings. The van der Waals surface area contributed by atoms with Crippen LogP contribution < -0.4 is 16.2 Å². The number of rotatable bonds is 2. The minimum atomic E-state index is -0.369. The molecule has 0 saturated carbocycles. The fraction of sp³-hybridized carbons (Fsp3) is 0.0714. The molecule has 92 valence electrons. The first-order valence-electron chi connectivity index (χ1n) is 5.50. The molecule has 2 aromatic carbocycles. The molecule has 18 heavy (non-hydrogen) atoms. The predicted octanol–water partition coefficient (Wildman–Crippen LogP) is 2.44. The molecule has 4 N–H and O–H groups in total. The van der Waals surface area contributed by atoms with Crippen molar-refractivity contribution in [2.45, 2.75) is 6.92 Å². The van der Waals surface area contributed by atoms with Gasteiger partial charge in [0.1, 0.15) is 5.75 Å². The van der Waals surface area contributed by atoms with Crippen LogP contribution in [0.2, 0.25) is 0 Å². The third-order valence-electron chi connectivity index (χ3n) is 2.48. The summed E-state index contributed by atoms with van der Waals surface area (Å²) in [5.74, 6) is 0.0683. The van der Waals surface area contributed by atoms with E-state index in [0.717, 1.165) is 11.1 Å². The van der Waals surface area contributed by atoms with E-state index >= 15 is 0 Å². The van der Waals surface area contributed by atoms with Gasteiger partial charge >= 0.3 is 5.97 Å². The van der Waals surface area contributed by atoms with E-state index in [-0.39, 0.29) is 5.97 Å². The Kier molecular flexibility index (Phi) is 3.19. The summed E-state index contributed by atoms with van der Waals surface area (Å²) in [7, 11) is 0. The normalized spacial score (nSPS) is 10.1. The standard InChI is InChI=1S/C14H14N2O2/c1-9(17)18-12-5-6-13(14(16)8-12)10-3-2-4-11(15)7-10/h2-8H,15-16H2,1H3. The van der Waals surface area contributed by atoms with Crippen molar-refractivity contribution < 1.29 is 9.53 Å². The Morgan fingerprint density at radius 1 is 1.11 bits per heavy atom. The minimum absolute atomic E-state index is 0.369. The van der Waals surface area contributed by atoms with E-state index in [1.165, 1.54) is 6.92 Å². The van der Waals surface area contributed by atoms with Gasteiger partial charge in [-0.3, -0.25) is 4.79 Å². The molecular formula is C14H14N2O2. The van der Waals surface area contributed by atoms with Gasteiger partial charge in [0.05, 0.1) is 0 Å². The Balaban J connectivity index is 2.38. The van der Waals surface area contributed by atoms with Crippen molar-refractivity contribution in [1.82, 2.24) is 0 Å². The molecule has 0 bridgehead atoms. The lowest BCUT2D eigenvalue weighted by atomic mass is 10.0. The molecule has 0 aliphatic heterocycles. The fourth-order valence-corrected chi connectivity index (χ4v) is 1.74.